The number of benzene rings is 1. The molecule has 1 amide bonds. The summed E-state index contributed by atoms with van der Waals surface area (Å²) in [7, 11) is 1.73. The largest absolute Gasteiger partial charge is 0.378 e. The number of hydrogen-bond donors (Lipinski definition) is 2. The van der Waals surface area contributed by atoms with E-state index in [1.165, 1.54) is 0 Å². The Morgan fingerprint density at radius 1 is 1.14 bits per heavy atom. The topological polar surface area (TPSA) is 78.8 Å². The number of ether oxygens (including phenoxy) is 1. The van der Waals surface area contributed by atoms with Gasteiger partial charge in [-0.1, -0.05) is 36.4 Å². The Hall–Kier alpha value is -2.93. The van der Waals surface area contributed by atoms with E-state index < -0.39 is 0 Å². The summed E-state index contributed by atoms with van der Waals surface area (Å²) < 4.78 is 5.39. The second-order valence-electron chi connectivity index (χ2n) is 6.85. The van der Waals surface area contributed by atoms with E-state index >= 15 is 0 Å². The first kappa shape index (κ1) is 20.8. The van der Waals surface area contributed by atoms with E-state index in [1.54, 1.807) is 13.2 Å². The highest BCUT2D eigenvalue weighted by atomic mass is 16.5. The SMILES string of the molecule is CN=C(NCCc1ccccn1)NCC(C(=O)N1CCOCC1)c1ccccc1. The van der Waals surface area contributed by atoms with Crippen LogP contribution in [-0.4, -0.2) is 68.2 Å². The molecule has 1 aliphatic heterocycles. The third kappa shape index (κ3) is 6.29. The van der Waals surface area contributed by atoms with E-state index in [2.05, 4.69) is 20.6 Å². The van der Waals surface area contributed by atoms with Crippen molar-refractivity contribution in [2.24, 2.45) is 4.99 Å². The molecule has 1 aliphatic rings. The molecule has 3 rings (SSSR count). The average Bonchev–Trinajstić information content (AvgIpc) is 2.80. The average molecular weight is 396 g/mol. The van der Waals surface area contributed by atoms with E-state index in [0.717, 1.165) is 17.7 Å². The number of morpholine rings is 1. The Balaban J connectivity index is 1.58. The number of rotatable bonds is 7. The highest BCUT2D eigenvalue weighted by molar-refractivity contribution is 5.86. The van der Waals surface area contributed by atoms with Gasteiger partial charge in [0.15, 0.2) is 5.96 Å². The van der Waals surface area contributed by atoms with Crippen LogP contribution in [0.25, 0.3) is 0 Å². The van der Waals surface area contributed by atoms with Crippen LogP contribution in [0, 0.1) is 0 Å². The van der Waals surface area contributed by atoms with Crippen molar-refractivity contribution in [1.29, 1.82) is 0 Å². The summed E-state index contributed by atoms with van der Waals surface area (Å²) in [5.74, 6) is 0.524. The summed E-state index contributed by atoms with van der Waals surface area (Å²) in [6.07, 6.45) is 2.60. The van der Waals surface area contributed by atoms with Crippen molar-refractivity contribution in [3.05, 3.63) is 66.0 Å². The lowest BCUT2D eigenvalue weighted by molar-refractivity contribution is -0.136. The minimum absolute atomic E-state index is 0.121. The first-order chi connectivity index (χ1) is 14.3. The molecule has 2 heterocycles. The first-order valence-corrected chi connectivity index (χ1v) is 10.0. The Labute approximate surface area is 172 Å². The molecule has 7 heteroatoms. The van der Waals surface area contributed by atoms with Crippen molar-refractivity contribution in [2.45, 2.75) is 12.3 Å². The summed E-state index contributed by atoms with van der Waals surface area (Å²) in [4.78, 5) is 23.7. The minimum Gasteiger partial charge on any atom is -0.378 e. The molecule has 7 nitrogen and oxygen atoms in total. The van der Waals surface area contributed by atoms with Gasteiger partial charge < -0.3 is 20.3 Å². The molecule has 2 N–H and O–H groups in total. The molecule has 2 aromatic rings. The van der Waals surface area contributed by atoms with Crippen molar-refractivity contribution in [3.8, 4) is 0 Å². The maximum atomic E-state index is 13.2. The Kier molecular flexibility index (Phi) is 8.01. The number of carbonyl (C=O) groups is 1. The highest BCUT2D eigenvalue weighted by Crippen LogP contribution is 2.18. The molecule has 0 aliphatic carbocycles. The van der Waals surface area contributed by atoms with Gasteiger partial charge >= 0.3 is 0 Å². The summed E-state index contributed by atoms with van der Waals surface area (Å²) in [6, 6.07) is 15.8. The zero-order chi connectivity index (χ0) is 20.3. The molecule has 1 saturated heterocycles. The fourth-order valence-corrected chi connectivity index (χ4v) is 3.31. The number of pyridine rings is 1. The summed E-state index contributed by atoms with van der Waals surface area (Å²) in [5.41, 5.74) is 2.03. The van der Waals surface area contributed by atoms with Crippen LogP contribution in [0.5, 0.6) is 0 Å². The zero-order valence-electron chi connectivity index (χ0n) is 16.9. The Morgan fingerprint density at radius 3 is 2.59 bits per heavy atom. The lowest BCUT2D eigenvalue weighted by Gasteiger charge is -2.31. The first-order valence-electron chi connectivity index (χ1n) is 10.0. The van der Waals surface area contributed by atoms with Crippen LogP contribution in [0.2, 0.25) is 0 Å². The minimum atomic E-state index is -0.274. The van der Waals surface area contributed by atoms with E-state index in [0.29, 0.717) is 45.4 Å². The molecule has 154 valence electrons. The molecule has 1 unspecified atom stereocenters. The van der Waals surface area contributed by atoms with E-state index in [1.807, 2.05) is 53.4 Å². The predicted octanol–water partition coefficient (Wildman–Crippen LogP) is 1.43. The second kappa shape index (κ2) is 11.2. The predicted molar refractivity (Wildman–Crippen MR) is 114 cm³/mol. The molecular formula is C22H29N5O2. The highest BCUT2D eigenvalue weighted by Gasteiger charge is 2.27. The van der Waals surface area contributed by atoms with Crippen LogP contribution in [0.3, 0.4) is 0 Å². The third-order valence-corrected chi connectivity index (χ3v) is 4.92. The van der Waals surface area contributed by atoms with Gasteiger partial charge in [0.05, 0.1) is 19.1 Å². The van der Waals surface area contributed by atoms with Crippen LogP contribution < -0.4 is 10.6 Å². The molecule has 29 heavy (non-hydrogen) atoms. The van der Waals surface area contributed by atoms with Gasteiger partial charge in [-0.25, -0.2) is 0 Å². The number of nitrogens with zero attached hydrogens (tertiary/aromatic N) is 3. The second-order valence-corrected chi connectivity index (χ2v) is 6.85. The van der Waals surface area contributed by atoms with Crippen molar-refractivity contribution in [3.63, 3.8) is 0 Å². The van der Waals surface area contributed by atoms with Crippen LogP contribution >= 0.6 is 0 Å². The molecule has 1 atom stereocenters. The lowest BCUT2D eigenvalue weighted by atomic mass is 9.97. The number of aromatic nitrogens is 1. The van der Waals surface area contributed by atoms with Gasteiger partial charge in [-0.15, -0.1) is 0 Å². The van der Waals surface area contributed by atoms with Crippen molar-refractivity contribution in [1.82, 2.24) is 20.5 Å². The van der Waals surface area contributed by atoms with Gasteiger partial charge in [-0.05, 0) is 17.7 Å². The van der Waals surface area contributed by atoms with Crippen molar-refractivity contribution < 1.29 is 9.53 Å². The molecule has 0 saturated carbocycles. The van der Waals surface area contributed by atoms with E-state index in [-0.39, 0.29) is 11.8 Å². The molecule has 1 aromatic heterocycles. The zero-order valence-corrected chi connectivity index (χ0v) is 16.9. The van der Waals surface area contributed by atoms with Gasteiger partial charge in [-0.2, -0.15) is 0 Å². The van der Waals surface area contributed by atoms with Crippen molar-refractivity contribution in [2.75, 3.05) is 46.4 Å². The Bertz CT molecular complexity index is 776. The number of aliphatic imine (C=N–C) groups is 1. The van der Waals surface area contributed by atoms with Crippen LogP contribution in [0.1, 0.15) is 17.2 Å². The van der Waals surface area contributed by atoms with Gasteiger partial charge in [-0.3, -0.25) is 14.8 Å². The van der Waals surface area contributed by atoms with Crippen molar-refractivity contribution >= 4 is 11.9 Å². The number of nitrogens with one attached hydrogen (secondary N) is 2. The third-order valence-electron chi connectivity index (χ3n) is 4.92. The number of hydrogen-bond acceptors (Lipinski definition) is 4. The smallest absolute Gasteiger partial charge is 0.232 e. The van der Waals surface area contributed by atoms with Crippen LogP contribution in [0.15, 0.2) is 59.7 Å². The molecular weight excluding hydrogens is 366 g/mol. The molecule has 0 radical (unpaired) electrons. The monoisotopic (exact) mass is 395 g/mol. The van der Waals surface area contributed by atoms with Crippen LogP contribution in [-0.2, 0) is 16.0 Å². The van der Waals surface area contributed by atoms with Gasteiger partial charge in [0.1, 0.15) is 0 Å². The quantitative estimate of drug-likeness (QED) is 0.548. The number of carbonyl (C=O) groups excluding carboxylic acids is 1. The Morgan fingerprint density at radius 2 is 1.90 bits per heavy atom. The molecule has 0 spiro atoms. The normalized spacial score (nSPS) is 15.6. The fourth-order valence-electron chi connectivity index (χ4n) is 3.31. The maximum absolute atomic E-state index is 13.2. The fraction of sp³-hybridized carbons (Fsp3) is 0.409. The van der Waals surface area contributed by atoms with E-state index in [4.69, 9.17) is 4.74 Å². The number of amides is 1. The summed E-state index contributed by atoms with van der Waals surface area (Å²) in [5, 5.41) is 6.61. The van der Waals surface area contributed by atoms with Gasteiger partial charge in [0.2, 0.25) is 5.91 Å². The molecule has 1 aromatic carbocycles. The maximum Gasteiger partial charge on any atom is 0.232 e. The molecule has 1 fully saturated rings. The van der Waals surface area contributed by atoms with Crippen LogP contribution in [0.4, 0.5) is 0 Å². The summed E-state index contributed by atoms with van der Waals surface area (Å²) in [6.45, 7) is 3.65. The lowest BCUT2D eigenvalue weighted by Crippen LogP contribution is -2.47. The number of guanidine groups is 1. The van der Waals surface area contributed by atoms with Gasteiger partial charge in [0.25, 0.3) is 0 Å². The standard InChI is InChI=1S/C22H29N5O2/c1-23-22(25-12-10-19-9-5-6-11-24-19)26-17-20(18-7-3-2-4-8-18)21(28)27-13-15-29-16-14-27/h2-9,11,20H,10,12-17H2,1H3,(H2,23,25,26). The molecule has 0 bridgehead atoms. The van der Waals surface area contributed by atoms with Gasteiger partial charge in [0, 0.05) is 51.5 Å². The van der Waals surface area contributed by atoms with E-state index in [9.17, 15) is 4.79 Å². The summed E-state index contributed by atoms with van der Waals surface area (Å²) >= 11 is 0.